The molecular weight excluding hydrogens is 379 g/mol. The first kappa shape index (κ1) is 16.9. The zero-order valence-electron chi connectivity index (χ0n) is 11.4. The molecule has 0 unspecified atom stereocenters. The molecule has 0 heterocycles. The molecule has 0 aromatic heterocycles. The van der Waals surface area contributed by atoms with E-state index in [2.05, 4.69) is 21.2 Å². The van der Waals surface area contributed by atoms with E-state index in [4.69, 9.17) is 0 Å². The van der Waals surface area contributed by atoms with E-state index in [1.807, 2.05) is 24.3 Å². The minimum Gasteiger partial charge on any atom is -0.323 e. The van der Waals surface area contributed by atoms with Gasteiger partial charge < -0.3 is 5.32 Å². The number of nitrogens with one attached hydrogen (secondary N) is 1. The van der Waals surface area contributed by atoms with E-state index in [9.17, 15) is 18.0 Å². The maximum atomic E-state index is 13.5. The summed E-state index contributed by atoms with van der Waals surface area (Å²) >= 11 is 4.58. The molecule has 2 aromatic carbocycles. The molecule has 0 aliphatic carbocycles. The Labute approximate surface area is 138 Å². The highest BCUT2D eigenvalue weighted by Gasteiger charge is 2.19. The standard InChI is InChI=1S/C15H11BrF3NOS/c1-8(22-10-4-2-9(16)3-5-10)15(21)20-12-7-6-11(17)13(18)14(12)19/h2-8H,1H3,(H,20,21)/t8-/m1/s1. The number of rotatable bonds is 4. The summed E-state index contributed by atoms with van der Waals surface area (Å²) in [7, 11) is 0. The molecule has 2 nitrogen and oxygen atoms in total. The molecular formula is C15H11BrF3NOS. The molecule has 2 rings (SSSR count). The van der Waals surface area contributed by atoms with Crippen molar-refractivity contribution in [2.75, 3.05) is 5.32 Å². The van der Waals surface area contributed by atoms with E-state index < -0.39 is 28.6 Å². The van der Waals surface area contributed by atoms with Crippen LogP contribution in [0, 0.1) is 17.5 Å². The van der Waals surface area contributed by atoms with Crippen molar-refractivity contribution in [2.24, 2.45) is 0 Å². The lowest BCUT2D eigenvalue weighted by Crippen LogP contribution is -2.23. The third-order valence-corrected chi connectivity index (χ3v) is 4.43. The maximum Gasteiger partial charge on any atom is 0.237 e. The number of anilines is 1. The van der Waals surface area contributed by atoms with Gasteiger partial charge in [0.2, 0.25) is 5.91 Å². The lowest BCUT2D eigenvalue weighted by molar-refractivity contribution is -0.115. The van der Waals surface area contributed by atoms with Crippen LogP contribution < -0.4 is 5.32 Å². The van der Waals surface area contributed by atoms with Crippen molar-refractivity contribution in [2.45, 2.75) is 17.1 Å². The van der Waals surface area contributed by atoms with Crippen LogP contribution in [0.1, 0.15) is 6.92 Å². The van der Waals surface area contributed by atoms with E-state index in [1.54, 1.807) is 6.92 Å². The van der Waals surface area contributed by atoms with Crippen LogP contribution in [-0.2, 0) is 4.79 Å². The van der Waals surface area contributed by atoms with Crippen LogP contribution in [0.5, 0.6) is 0 Å². The fourth-order valence-electron chi connectivity index (χ4n) is 1.63. The molecule has 0 fully saturated rings. The number of thioether (sulfide) groups is 1. The average molecular weight is 390 g/mol. The SMILES string of the molecule is C[C@@H](Sc1ccc(Br)cc1)C(=O)Nc1ccc(F)c(F)c1F. The minimum atomic E-state index is -1.61. The maximum absolute atomic E-state index is 13.5. The molecule has 2 aromatic rings. The predicted octanol–water partition coefficient (Wildman–Crippen LogP) is 4.99. The van der Waals surface area contributed by atoms with Crippen LogP contribution in [0.3, 0.4) is 0 Å². The van der Waals surface area contributed by atoms with Crippen molar-refractivity contribution in [1.82, 2.24) is 0 Å². The van der Waals surface area contributed by atoms with Crippen molar-refractivity contribution in [1.29, 1.82) is 0 Å². The molecule has 0 saturated heterocycles. The van der Waals surface area contributed by atoms with Crippen molar-refractivity contribution < 1.29 is 18.0 Å². The lowest BCUT2D eigenvalue weighted by Gasteiger charge is -2.13. The molecule has 0 spiro atoms. The van der Waals surface area contributed by atoms with Gasteiger partial charge in [0.05, 0.1) is 10.9 Å². The Hall–Kier alpha value is -1.47. The van der Waals surface area contributed by atoms with E-state index in [0.29, 0.717) is 0 Å². The number of benzene rings is 2. The molecule has 1 N–H and O–H groups in total. The fraction of sp³-hybridized carbons (Fsp3) is 0.133. The Morgan fingerprint density at radius 3 is 2.36 bits per heavy atom. The van der Waals surface area contributed by atoms with Crippen LogP contribution in [-0.4, -0.2) is 11.2 Å². The average Bonchev–Trinajstić information content (AvgIpc) is 2.50. The fourth-order valence-corrected chi connectivity index (χ4v) is 2.76. The normalized spacial score (nSPS) is 12.0. The molecule has 0 radical (unpaired) electrons. The van der Waals surface area contributed by atoms with Gasteiger partial charge in [0.15, 0.2) is 17.5 Å². The number of carbonyl (C=O) groups is 1. The Bertz CT molecular complexity index is 694. The molecule has 22 heavy (non-hydrogen) atoms. The van der Waals surface area contributed by atoms with Crippen molar-refractivity contribution in [3.63, 3.8) is 0 Å². The van der Waals surface area contributed by atoms with E-state index >= 15 is 0 Å². The van der Waals surface area contributed by atoms with Gasteiger partial charge in [0, 0.05) is 9.37 Å². The van der Waals surface area contributed by atoms with E-state index in [0.717, 1.165) is 21.5 Å². The van der Waals surface area contributed by atoms with Gasteiger partial charge in [-0.1, -0.05) is 15.9 Å². The zero-order chi connectivity index (χ0) is 16.3. The Balaban J connectivity index is 2.05. The first-order valence-electron chi connectivity index (χ1n) is 6.25. The van der Waals surface area contributed by atoms with Gasteiger partial charge in [-0.15, -0.1) is 11.8 Å². The van der Waals surface area contributed by atoms with Gasteiger partial charge in [-0.05, 0) is 43.3 Å². The monoisotopic (exact) mass is 389 g/mol. The number of halogens is 4. The zero-order valence-corrected chi connectivity index (χ0v) is 13.8. The van der Waals surface area contributed by atoms with Crippen LogP contribution in [0.4, 0.5) is 18.9 Å². The largest absolute Gasteiger partial charge is 0.323 e. The molecule has 0 aliphatic rings. The molecule has 1 amide bonds. The second-order valence-electron chi connectivity index (χ2n) is 4.43. The quantitative estimate of drug-likeness (QED) is 0.589. The number of amides is 1. The van der Waals surface area contributed by atoms with Crippen molar-refractivity contribution in [3.05, 3.63) is 58.3 Å². The molecule has 116 valence electrons. The van der Waals surface area contributed by atoms with Crippen LogP contribution in [0.2, 0.25) is 0 Å². The second-order valence-corrected chi connectivity index (χ2v) is 6.76. The van der Waals surface area contributed by atoms with Crippen LogP contribution >= 0.6 is 27.7 Å². The molecule has 7 heteroatoms. The van der Waals surface area contributed by atoms with E-state index in [-0.39, 0.29) is 5.69 Å². The summed E-state index contributed by atoms with van der Waals surface area (Å²) in [6.07, 6.45) is 0. The predicted molar refractivity (Wildman–Crippen MR) is 84.4 cm³/mol. The number of hydrogen-bond acceptors (Lipinski definition) is 2. The molecule has 0 aliphatic heterocycles. The van der Waals surface area contributed by atoms with Crippen molar-refractivity contribution in [3.8, 4) is 0 Å². The summed E-state index contributed by atoms with van der Waals surface area (Å²) < 4.78 is 40.4. The van der Waals surface area contributed by atoms with Crippen LogP contribution in [0.15, 0.2) is 45.8 Å². The summed E-state index contributed by atoms with van der Waals surface area (Å²) in [4.78, 5) is 12.9. The summed E-state index contributed by atoms with van der Waals surface area (Å²) in [5.74, 6) is -4.81. The van der Waals surface area contributed by atoms with Gasteiger partial charge in [0.25, 0.3) is 0 Å². The molecule has 1 atom stereocenters. The van der Waals surface area contributed by atoms with Crippen LogP contribution in [0.25, 0.3) is 0 Å². The second kappa shape index (κ2) is 7.19. The highest BCUT2D eigenvalue weighted by Crippen LogP contribution is 2.26. The van der Waals surface area contributed by atoms with Gasteiger partial charge in [-0.3, -0.25) is 4.79 Å². The van der Waals surface area contributed by atoms with Gasteiger partial charge in [0.1, 0.15) is 0 Å². The smallest absolute Gasteiger partial charge is 0.237 e. The Morgan fingerprint density at radius 1 is 1.09 bits per heavy atom. The topological polar surface area (TPSA) is 29.1 Å². The first-order valence-corrected chi connectivity index (χ1v) is 7.92. The summed E-state index contributed by atoms with van der Waals surface area (Å²) in [5.41, 5.74) is -0.382. The molecule has 0 bridgehead atoms. The van der Waals surface area contributed by atoms with Gasteiger partial charge in [-0.25, -0.2) is 13.2 Å². The first-order chi connectivity index (χ1) is 10.4. The van der Waals surface area contributed by atoms with Crippen molar-refractivity contribution >= 4 is 39.3 Å². The Morgan fingerprint density at radius 2 is 1.73 bits per heavy atom. The summed E-state index contributed by atoms with van der Waals surface area (Å²) in [6.45, 7) is 1.64. The molecule has 0 saturated carbocycles. The minimum absolute atomic E-state index is 0.382. The summed E-state index contributed by atoms with van der Waals surface area (Å²) in [5, 5.41) is 1.73. The van der Waals surface area contributed by atoms with E-state index in [1.165, 1.54) is 11.8 Å². The number of hydrogen-bond donors (Lipinski definition) is 1. The Kier molecular flexibility index (Phi) is 5.52. The van der Waals surface area contributed by atoms with Gasteiger partial charge >= 0.3 is 0 Å². The van der Waals surface area contributed by atoms with Gasteiger partial charge in [-0.2, -0.15) is 0 Å². The number of carbonyl (C=O) groups excluding carboxylic acids is 1. The highest BCUT2D eigenvalue weighted by atomic mass is 79.9. The third kappa shape index (κ3) is 4.04. The third-order valence-electron chi connectivity index (χ3n) is 2.79. The highest BCUT2D eigenvalue weighted by molar-refractivity contribution is 9.10. The summed E-state index contributed by atoms with van der Waals surface area (Å²) in [6, 6.07) is 9.08. The lowest BCUT2D eigenvalue weighted by atomic mass is 10.2.